The van der Waals surface area contributed by atoms with E-state index in [1.54, 1.807) is 72.8 Å². The number of phenolic OH excluding ortho intramolecular Hbond substituents is 2. The van der Waals surface area contributed by atoms with Gasteiger partial charge in [-0.3, -0.25) is 29.5 Å². The first-order valence-corrected chi connectivity index (χ1v) is 18.3. The average molecular weight is 746 g/mol. The predicted octanol–water partition coefficient (Wildman–Crippen LogP) is 6.85. The molecule has 4 aromatic carbocycles. The number of amides is 4. The summed E-state index contributed by atoms with van der Waals surface area (Å²) in [6.45, 7) is 3.99. The number of hydrogen-bond acceptors (Lipinski definition) is 7. The summed E-state index contributed by atoms with van der Waals surface area (Å²) in [5.41, 5.74) is 4.69. The number of fused-ring (bicyclic) bond motifs is 4. The zero-order valence-electron chi connectivity index (χ0n) is 29.1. The van der Waals surface area contributed by atoms with Crippen LogP contribution in [0.25, 0.3) is 0 Å². The Labute approximate surface area is 316 Å². The van der Waals surface area contributed by atoms with Gasteiger partial charge in [0.05, 0.1) is 28.9 Å². The van der Waals surface area contributed by atoms with E-state index < -0.39 is 52.6 Å². The molecule has 3 N–H and O–H groups in total. The molecule has 2 aliphatic heterocycles. The monoisotopic (exact) mass is 745 g/mol. The fraction of sp³-hybridized carbons (Fsp3) is 0.256. The third-order valence-corrected chi connectivity index (χ3v) is 12.0. The fourth-order valence-corrected chi connectivity index (χ4v) is 9.48. The largest absolute Gasteiger partial charge is 0.508 e. The molecule has 6 unspecified atom stereocenters. The second-order valence-corrected chi connectivity index (χ2v) is 14.9. The lowest BCUT2D eigenvalue weighted by Gasteiger charge is -2.50. The van der Waals surface area contributed by atoms with Crippen molar-refractivity contribution in [2.24, 2.45) is 23.7 Å². The first kappa shape index (κ1) is 35.3. The number of para-hydroxylation sites is 1. The molecule has 0 aromatic heterocycles. The molecule has 54 heavy (non-hydrogen) atoms. The number of imide groups is 2. The van der Waals surface area contributed by atoms with Crippen molar-refractivity contribution in [1.82, 2.24) is 9.91 Å². The lowest BCUT2D eigenvalue weighted by atomic mass is 9.49. The molecule has 11 heteroatoms. The first-order chi connectivity index (χ1) is 26.0. The van der Waals surface area contributed by atoms with Gasteiger partial charge in [-0.25, -0.2) is 4.39 Å². The summed E-state index contributed by atoms with van der Waals surface area (Å²) in [6.07, 6.45) is 4.65. The number of halogens is 2. The fourth-order valence-electron chi connectivity index (χ4n) is 9.35. The quantitative estimate of drug-likeness (QED) is 0.126. The average Bonchev–Trinajstić information content (AvgIpc) is 3.54. The zero-order valence-corrected chi connectivity index (χ0v) is 29.9. The molecule has 6 atom stereocenters. The maximum absolute atomic E-state index is 15.3. The summed E-state index contributed by atoms with van der Waals surface area (Å²) in [4.78, 5) is 59.9. The molecule has 2 aliphatic carbocycles. The number of likely N-dealkylation sites (tertiary alicyclic amines) is 1. The van der Waals surface area contributed by atoms with Crippen LogP contribution in [0.15, 0.2) is 115 Å². The zero-order chi connectivity index (χ0) is 37.9. The molecule has 0 radical (unpaired) electrons. The van der Waals surface area contributed by atoms with Crippen molar-refractivity contribution in [1.29, 1.82) is 0 Å². The maximum Gasteiger partial charge on any atom is 0.260 e. The molecular formula is C43H37ClFN3O6. The third-order valence-electron chi connectivity index (χ3n) is 11.7. The first-order valence-electron chi connectivity index (χ1n) is 18.0. The van der Waals surface area contributed by atoms with Gasteiger partial charge in [0.25, 0.3) is 11.8 Å². The Morgan fingerprint density at radius 3 is 2.31 bits per heavy atom. The molecule has 4 amide bonds. The van der Waals surface area contributed by atoms with Crippen molar-refractivity contribution in [3.8, 4) is 11.5 Å². The van der Waals surface area contributed by atoms with E-state index in [2.05, 4.69) is 12.0 Å². The SMILES string of the molecule is C=CCc1cccc(C2C3=CCC4C(=O)N(CCc5ccc(O)cc5)C(=O)C4C3CC3C(=O)N(Nc4ccc(F)cc4)C(=O)C32c2ccc(Cl)cc2)c1O. The van der Waals surface area contributed by atoms with Crippen molar-refractivity contribution in [3.63, 3.8) is 0 Å². The topological polar surface area (TPSA) is 127 Å². The number of anilines is 1. The van der Waals surface area contributed by atoms with Crippen LogP contribution < -0.4 is 5.43 Å². The van der Waals surface area contributed by atoms with Gasteiger partial charge in [0.1, 0.15) is 17.3 Å². The highest BCUT2D eigenvalue weighted by Gasteiger charge is 2.70. The van der Waals surface area contributed by atoms with E-state index in [1.807, 2.05) is 6.08 Å². The number of nitrogens with one attached hydrogen (secondary N) is 1. The van der Waals surface area contributed by atoms with E-state index in [-0.39, 0.29) is 42.7 Å². The van der Waals surface area contributed by atoms with Gasteiger partial charge < -0.3 is 10.2 Å². The van der Waals surface area contributed by atoms with E-state index in [1.165, 1.54) is 29.2 Å². The van der Waals surface area contributed by atoms with Crippen LogP contribution in [0.1, 0.15) is 41.0 Å². The molecule has 2 heterocycles. The summed E-state index contributed by atoms with van der Waals surface area (Å²) < 4.78 is 13.9. The molecule has 1 saturated carbocycles. The second kappa shape index (κ2) is 13.6. The van der Waals surface area contributed by atoms with Crippen molar-refractivity contribution in [3.05, 3.63) is 148 Å². The Morgan fingerprint density at radius 2 is 1.61 bits per heavy atom. The number of hydrazine groups is 1. The number of allylic oxidation sites excluding steroid dienone is 3. The van der Waals surface area contributed by atoms with Crippen LogP contribution in [0.3, 0.4) is 0 Å². The lowest BCUT2D eigenvalue weighted by Crippen LogP contribution is -2.53. The van der Waals surface area contributed by atoms with E-state index in [4.69, 9.17) is 11.6 Å². The Kier molecular flexibility index (Phi) is 8.88. The van der Waals surface area contributed by atoms with Gasteiger partial charge in [-0.1, -0.05) is 71.8 Å². The molecule has 2 saturated heterocycles. The van der Waals surface area contributed by atoms with E-state index in [0.717, 1.165) is 10.6 Å². The van der Waals surface area contributed by atoms with E-state index in [0.29, 0.717) is 45.8 Å². The van der Waals surface area contributed by atoms with Gasteiger partial charge in [0, 0.05) is 23.0 Å². The van der Waals surface area contributed by atoms with Crippen LogP contribution in [0.2, 0.25) is 5.02 Å². The minimum absolute atomic E-state index is 0.0484. The molecule has 274 valence electrons. The predicted molar refractivity (Wildman–Crippen MR) is 200 cm³/mol. The third kappa shape index (κ3) is 5.50. The molecule has 8 rings (SSSR count). The second-order valence-electron chi connectivity index (χ2n) is 14.5. The van der Waals surface area contributed by atoms with Gasteiger partial charge >= 0.3 is 0 Å². The Morgan fingerprint density at radius 1 is 0.889 bits per heavy atom. The van der Waals surface area contributed by atoms with Gasteiger partial charge in [-0.2, -0.15) is 5.01 Å². The van der Waals surface area contributed by atoms with Crippen LogP contribution in [-0.2, 0) is 37.4 Å². The number of rotatable bonds is 9. The summed E-state index contributed by atoms with van der Waals surface area (Å²) in [5, 5.41) is 23.1. The minimum Gasteiger partial charge on any atom is -0.508 e. The van der Waals surface area contributed by atoms with E-state index >= 15 is 4.79 Å². The van der Waals surface area contributed by atoms with Crippen molar-refractivity contribution in [2.75, 3.05) is 12.0 Å². The normalized spacial score (nSPS) is 26.0. The van der Waals surface area contributed by atoms with Crippen LogP contribution in [0.4, 0.5) is 10.1 Å². The van der Waals surface area contributed by atoms with Gasteiger partial charge in [0.15, 0.2) is 0 Å². The van der Waals surface area contributed by atoms with E-state index in [9.17, 15) is 29.0 Å². The number of carbonyl (C=O) groups is 4. The lowest BCUT2D eigenvalue weighted by molar-refractivity contribution is -0.141. The van der Waals surface area contributed by atoms with Crippen molar-refractivity contribution >= 4 is 40.9 Å². The van der Waals surface area contributed by atoms with Crippen LogP contribution in [0, 0.1) is 29.5 Å². The highest BCUT2D eigenvalue weighted by atomic mass is 35.5. The Hall–Kier alpha value is -5.74. The van der Waals surface area contributed by atoms with Gasteiger partial charge in [-0.05, 0) is 96.8 Å². The summed E-state index contributed by atoms with van der Waals surface area (Å²) in [5.74, 6) is -6.19. The van der Waals surface area contributed by atoms with Crippen LogP contribution in [0.5, 0.6) is 11.5 Å². The van der Waals surface area contributed by atoms with Crippen molar-refractivity contribution < 1.29 is 33.8 Å². The summed E-state index contributed by atoms with van der Waals surface area (Å²) in [7, 11) is 0. The molecule has 0 bridgehead atoms. The summed E-state index contributed by atoms with van der Waals surface area (Å²) >= 11 is 6.37. The number of aromatic hydroxyl groups is 2. The number of hydrogen-bond donors (Lipinski definition) is 3. The number of phenols is 2. The van der Waals surface area contributed by atoms with Crippen LogP contribution >= 0.6 is 11.6 Å². The smallest absolute Gasteiger partial charge is 0.260 e. The molecule has 4 aliphatic rings. The van der Waals surface area contributed by atoms with Gasteiger partial charge in [0.2, 0.25) is 11.8 Å². The maximum atomic E-state index is 15.3. The Bertz CT molecular complexity index is 2220. The molecule has 4 aromatic rings. The number of nitrogens with zero attached hydrogens (tertiary/aromatic N) is 2. The highest BCUT2D eigenvalue weighted by molar-refractivity contribution is 6.30. The number of benzene rings is 4. The number of carbonyl (C=O) groups excluding carboxylic acids is 4. The van der Waals surface area contributed by atoms with Gasteiger partial charge in [-0.15, -0.1) is 6.58 Å². The molecule has 0 spiro atoms. The molecule has 9 nitrogen and oxygen atoms in total. The standard InChI is InChI=1S/C43H37ClFN3O6/c1-2-4-25-5-3-6-33(38(25)50)37-31-19-20-32-36(41(53)47(39(32)51)22-21-24-7-17-30(49)18-8-24)34(31)23-35-40(52)48(46-29-15-13-28(45)14-16-29)42(54)43(35,37)26-9-11-27(44)12-10-26/h2-3,5-19,32,34-37,46,49-50H,1,4,20-23H2. The van der Waals surface area contributed by atoms with Crippen LogP contribution in [-0.4, -0.2) is 50.3 Å². The molecule has 3 fully saturated rings. The minimum atomic E-state index is -1.61. The molecular weight excluding hydrogens is 709 g/mol. The highest BCUT2D eigenvalue weighted by Crippen LogP contribution is 2.65. The Balaban J connectivity index is 1.28. The summed E-state index contributed by atoms with van der Waals surface area (Å²) in [6, 6.07) is 24.0. The van der Waals surface area contributed by atoms with Crippen molar-refractivity contribution in [2.45, 2.75) is 37.0 Å².